The van der Waals surface area contributed by atoms with Crippen LogP contribution in [0.15, 0.2) is 27.2 Å². The summed E-state index contributed by atoms with van der Waals surface area (Å²) in [7, 11) is 2.70. The SMILES string of the molecule is COc1cc(N=Nc2c(C)c(C#N)c(O)n(CCO)c2=O)c(C(=O)O)cc1OC. The van der Waals surface area contributed by atoms with Crippen LogP contribution >= 0.6 is 0 Å². The van der Waals surface area contributed by atoms with Gasteiger partial charge in [0, 0.05) is 17.7 Å². The number of ether oxygens (including phenoxy) is 2. The van der Waals surface area contributed by atoms with Crippen LogP contribution in [-0.4, -0.2) is 46.7 Å². The minimum Gasteiger partial charge on any atom is -0.493 e. The van der Waals surface area contributed by atoms with Gasteiger partial charge >= 0.3 is 5.97 Å². The summed E-state index contributed by atoms with van der Waals surface area (Å²) in [6.45, 7) is 0.666. The number of aromatic nitrogens is 1. The van der Waals surface area contributed by atoms with Gasteiger partial charge in [0.2, 0.25) is 5.88 Å². The minimum absolute atomic E-state index is 0.0605. The Morgan fingerprint density at radius 2 is 1.86 bits per heavy atom. The number of hydrogen-bond donors (Lipinski definition) is 3. The van der Waals surface area contributed by atoms with Crippen LogP contribution in [0.4, 0.5) is 11.4 Å². The average molecular weight is 402 g/mol. The van der Waals surface area contributed by atoms with E-state index in [2.05, 4.69) is 10.2 Å². The molecule has 0 radical (unpaired) electrons. The van der Waals surface area contributed by atoms with E-state index in [9.17, 15) is 25.1 Å². The zero-order valence-corrected chi connectivity index (χ0v) is 15.8. The number of hydrogen-bond acceptors (Lipinski definition) is 9. The number of nitriles is 1. The van der Waals surface area contributed by atoms with Crippen molar-refractivity contribution < 1.29 is 29.6 Å². The average Bonchev–Trinajstić information content (AvgIpc) is 2.70. The number of carboxylic acids is 1. The van der Waals surface area contributed by atoms with Gasteiger partial charge in [0.25, 0.3) is 5.56 Å². The topological polar surface area (TPSA) is 167 Å². The lowest BCUT2D eigenvalue weighted by Gasteiger charge is -2.12. The lowest BCUT2D eigenvalue weighted by molar-refractivity contribution is 0.0697. The maximum atomic E-state index is 12.6. The molecule has 0 aliphatic rings. The van der Waals surface area contributed by atoms with Crippen LogP contribution in [0, 0.1) is 18.3 Å². The summed E-state index contributed by atoms with van der Waals surface area (Å²) in [4.78, 5) is 24.2. The zero-order chi connectivity index (χ0) is 21.7. The van der Waals surface area contributed by atoms with Crippen LogP contribution in [0.3, 0.4) is 0 Å². The second kappa shape index (κ2) is 8.85. The molecule has 152 valence electrons. The van der Waals surface area contributed by atoms with Crippen molar-refractivity contribution in [1.29, 1.82) is 5.26 Å². The summed E-state index contributed by atoms with van der Waals surface area (Å²) in [5.41, 5.74) is -1.59. The number of benzene rings is 1. The largest absolute Gasteiger partial charge is 0.493 e. The van der Waals surface area contributed by atoms with E-state index in [0.717, 1.165) is 4.57 Å². The molecule has 0 saturated carbocycles. The quantitative estimate of drug-likeness (QED) is 0.590. The lowest BCUT2D eigenvalue weighted by Crippen LogP contribution is -2.23. The first-order chi connectivity index (χ1) is 13.8. The molecule has 1 heterocycles. The molecule has 0 aliphatic carbocycles. The van der Waals surface area contributed by atoms with Crippen LogP contribution < -0.4 is 15.0 Å². The van der Waals surface area contributed by atoms with Gasteiger partial charge in [0.1, 0.15) is 17.3 Å². The molecule has 29 heavy (non-hydrogen) atoms. The van der Waals surface area contributed by atoms with Crippen molar-refractivity contribution in [3.8, 4) is 23.4 Å². The molecule has 11 heteroatoms. The number of aromatic carboxylic acids is 1. The predicted octanol–water partition coefficient (Wildman–Crippen LogP) is 1.86. The fourth-order valence-corrected chi connectivity index (χ4v) is 2.59. The molecule has 0 amide bonds. The van der Waals surface area contributed by atoms with Gasteiger partial charge in [-0.25, -0.2) is 4.79 Å². The smallest absolute Gasteiger partial charge is 0.338 e. The normalized spacial score (nSPS) is 10.7. The maximum Gasteiger partial charge on any atom is 0.338 e. The van der Waals surface area contributed by atoms with Crippen LogP contribution in [0.5, 0.6) is 17.4 Å². The first-order valence-electron chi connectivity index (χ1n) is 8.19. The number of aromatic hydroxyl groups is 1. The van der Waals surface area contributed by atoms with Crippen molar-refractivity contribution >= 4 is 17.3 Å². The molecule has 0 fully saturated rings. The highest BCUT2D eigenvalue weighted by molar-refractivity contribution is 5.94. The highest BCUT2D eigenvalue weighted by Gasteiger charge is 2.20. The summed E-state index contributed by atoms with van der Waals surface area (Å²) in [6.07, 6.45) is 0. The summed E-state index contributed by atoms with van der Waals surface area (Å²) < 4.78 is 11.0. The second-order valence-electron chi connectivity index (χ2n) is 5.69. The minimum atomic E-state index is -1.31. The molecular formula is C18H18N4O7. The fourth-order valence-electron chi connectivity index (χ4n) is 2.59. The standard InChI is InChI=1S/C18H18N4O7/c1-9-11(8-19)16(24)22(4-5-23)17(25)15(9)21-20-12-7-14(29-3)13(28-2)6-10(12)18(26)27/h6-7,23-24H,4-5H2,1-3H3,(H,26,27). The molecule has 3 N–H and O–H groups in total. The zero-order valence-electron chi connectivity index (χ0n) is 15.8. The van der Waals surface area contributed by atoms with Crippen LogP contribution in [0.25, 0.3) is 0 Å². The summed E-state index contributed by atoms with van der Waals surface area (Å²) in [5.74, 6) is -1.54. The van der Waals surface area contributed by atoms with E-state index < -0.39 is 24.0 Å². The Morgan fingerprint density at radius 1 is 1.24 bits per heavy atom. The van der Waals surface area contributed by atoms with E-state index in [-0.39, 0.29) is 46.1 Å². The molecule has 1 aromatic heterocycles. The van der Waals surface area contributed by atoms with Crippen molar-refractivity contribution in [1.82, 2.24) is 4.57 Å². The Hall–Kier alpha value is -3.91. The van der Waals surface area contributed by atoms with E-state index in [1.54, 1.807) is 6.07 Å². The number of nitrogens with zero attached hydrogens (tertiary/aromatic N) is 4. The van der Waals surface area contributed by atoms with Crippen LogP contribution in [0.1, 0.15) is 21.5 Å². The van der Waals surface area contributed by atoms with Crippen molar-refractivity contribution in [3.63, 3.8) is 0 Å². The molecule has 0 bridgehead atoms. The fraction of sp³-hybridized carbons (Fsp3) is 0.278. The molecule has 0 unspecified atom stereocenters. The van der Waals surface area contributed by atoms with E-state index >= 15 is 0 Å². The summed E-state index contributed by atoms with van der Waals surface area (Å²) >= 11 is 0. The Balaban J connectivity index is 2.72. The molecule has 2 aromatic rings. The van der Waals surface area contributed by atoms with Crippen molar-refractivity contribution in [2.45, 2.75) is 13.5 Å². The highest BCUT2D eigenvalue weighted by Crippen LogP contribution is 2.36. The predicted molar refractivity (Wildman–Crippen MR) is 99.6 cm³/mol. The molecule has 1 aromatic carbocycles. The third-order valence-electron chi connectivity index (χ3n) is 4.08. The second-order valence-corrected chi connectivity index (χ2v) is 5.69. The van der Waals surface area contributed by atoms with Crippen molar-refractivity contribution in [3.05, 3.63) is 39.2 Å². The monoisotopic (exact) mass is 402 g/mol. The number of azo groups is 1. The van der Waals surface area contributed by atoms with Gasteiger partial charge in [-0.3, -0.25) is 9.36 Å². The highest BCUT2D eigenvalue weighted by atomic mass is 16.5. The first kappa shape index (κ1) is 21.4. The molecule has 0 spiro atoms. The number of carbonyl (C=O) groups is 1. The third-order valence-corrected chi connectivity index (χ3v) is 4.08. The molecule has 0 atom stereocenters. The number of aliphatic hydroxyl groups excluding tert-OH is 1. The van der Waals surface area contributed by atoms with Gasteiger partial charge in [0.05, 0.1) is 32.9 Å². The summed E-state index contributed by atoms with van der Waals surface area (Å²) in [6, 6.07) is 4.24. The number of rotatable bonds is 7. The molecule has 0 saturated heterocycles. The van der Waals surface area contributed by atoms with E-state index in [4.69, 9.17) is 14.6 Å². The van der Waals surface area contributed by atoms with Crippen LogP contribution in [0.2, 0.25) is 0 Å². The Labute approximate surface area is 164 Å². The first-order valence-corrected chi connectivity index (χ1v) is 8.19. The number of pyridine rings is 1. The van der Waals surface area contributed by atoms with Crippen LogP contribution in [-0.2, 0) is 6.54 Å². The van der Waals surface area contributed by atoms with Gasteiger partial charge in [-0.1, -0.05) is 0 Å². The van der Waals surface area contributed by atoms with E-state index in [0.29, 0.717) is 0 Å². The van der Waals surface area contributed by atoms with Gasteiger partial charge in [-0.2, -0.15) is 5.26 Å². The molecule has 11 nitrogen and oxygen atoms in total. The van der Waals surface area contributed by atoms with Gasteiger partial charge in [-0.05, 0) is 6.92 Å². The van der Waals surface area contributed by atoms with Gasteiger partial charge in [0.15, 0.2) is 17.2 Å². The molecular weight excluding hydrogens is 384 g/mol. The third kappa shape index (κ3) is 4.02. The maximum absolute atomic E-state index is 12.6. The van der Waals surface area contributed by atoms with E-state index in [1.807, 2.05) is 0 Å². The Kier molecular flexibility index (Phi) is 6.53. The molecule has 2 rings (SSSR count). The summed E-state index contributed by atoms with van der Waals surface area (Å²) in [5, 5.41) is 45.6. The Bertz CT molecular complexity index is 1080. The number of aliphatic hydroxyl groups is 1. The van der Waals surface area contributed by atoms with Crippen molar-refractivity contribution in [2.75, 3.05) is 20.8 Å². The Morgan fingerprint density at radius 3 is 2.38 bits per heavy atom. The number of methoxy groups -OCH3 is 2. The molecule has 0 aliphatic heterocycles. The van der Waals surface area contributed by atoms with Gasteiger partial charge in [-0.15, -0.1) is 10.2 Å². The van der Waals surface area contributed by atoms with Crippen molar-refractivity contribution in [2.24, 2.45) is 10.2 Å². The lowest BCUT2D eigenvalue weighted by atomic mass is 10.1. The van der Waals surface area contributed by atoms with Gasteiger partial charge < -0.3 is 24.8 Å². The number of carboxylic acid groups (broad SMARTS) is 1. The van der Waals surface area contributed by atoms with E-state index in [1.165, 1.54) is 33.3 Å².